The van der Waals surface area contributed by atoms with Crippen LogP contribution in [0.15, 0.2) is 29.4 Å². The van der Waals surface area contributed by atoms with E-state index in [-0.39, 0.29) is 11.3 Å². The van der Waals surface area contributed by atoms with Gasteiger partial charge in [0.2, 0.25) is 0 Å². The summed E-state index contributed by atoms with van der Waals surface area (Å²) >= 11 is 7.30. The van der Waals surface area contributed by atoms with Crippen molar-refractivity contribution in [1.29, 1.82) is 0 Å². The van der Waals surface area contributed by atoms with E-state index in [9.17, 15) is 4.79 Å². The first-order chi connectivity index (χ1) is 11.9. The summed E-state index contributed by atoms with van der Waals surface area (Å²) in [7, 11) is 0. The molecule has 0 spiro atoms. The molecule has 0 saturated heterocycles. The van der Waals surface area contributed by atoms with Crippen molar-refractivity contribution in [2.45, 2.75) is 33.6 Å². The number of thiazole rings is 1. The highest BCUT2D eigenvalue weighted by Crippen LogP contribution is 2.39. The molecule has 25 heavy (non-hydrogen) atoms. The van der Waals surface area contributed by atoms with E-state index in [0.29, 0.717) is 22.3 Å². The number of halogens is 1. The van der Waals surface area contributed by atoms with Gasteiger partial charge in [-0.3, -0.25) is 10.1 Å². The molecule has 0 bridgehead atoms. The van der Waals surface area contributed by atoms with Gasteiger partial charge in [-0.05, 0) is 49.4 Å². The van der Waals surface area contributed by atoms with Crippen LogP contribution in [0.3, 0.4) is 0 Å². The van der Waals surface area contributed by atoms with E-state index in [1.54, 1.807) is 24.3 Å². The minimum Gasteiger partial charge on any atom is -0.396 e. The molecule has 1 aromatic carbocycles. The molecule has 3 rings (SSSR count). The number of nitrogens with one attached hydrogen (secondary N) is 1. The molecule has 1 amide bonds. The van der Waals surface area contributed by atoms with Gasteiger partial charge in [0.15, 0.2) is 5.13 Å². The van der Waals surface area contributed by atoms with Crippen LogP contribution in [0.5, 0.6) is 0 Å². The first-order valence-electron chi connectivity index (χ1n) is 8.14. The Morgan fingerprint density at radius 3 is 2.76 bits per heavy atom. The molecule has 1 heterocycles. The highest BCUT2D eigenvalue weighted by atomic mass is 35.5. The number of carbonyl (C=O) groups is 1. The van der Waals surface area contributed by atoms with Crippen molar-refractivity contribution in [3.63, 3.8) is 0 Å². The fraction of sp³-hybridized carbons (Fsp3) is 0.389. The van der Waals surface area contributed by atoms with E-state index >= 15 is 0 Å². The third kappa shape index (κ3) is 4.19. The molecule has 132 valence electrons. The van der Waals surface area contributed by atoms with E-state index < -0.39 is 0 Å². The van der Waals surface area contributed by atoms with Gasteiger partial charge in [0, 0.05) is 10.6 Å². The minimum absolute atomic E-state index is 0.0640. The molecule has 0 saturated carbocycles. The van der Waals surface area contributed by atoms with E-state index in [2.05, 4.69) is 29.3 Å². The normalized spacial score (nSPS) is 17.2. The fourth-order valence-corrected chi connectivity index (χ4v) is 3.87. The van der Waals surface area contributed by atoms with Gasteiger partial charge in [0.25, 0.3) is 5.91 Å². The minimum atomic E-state index is -0.203. The van der Waals surface area contributed by atoms with Crippen LogP contribution in [0.1, 0.15) is 48.1 Å². The summed E-state index contributed by atoms with van der Waals surface area (Å²) < 4.78 is 0. The van der Waals surface area contributed by atoms with Crippen LogP contribution < -0.4 is 5.32 Å². The second kappa shape index (κ2) is 7.14. The molecule has 0 fully saturated rings. The van der Waals surface area contributed by atoms with Crippen LogP contribution >= 0.6 is 22.9 Å². The molecular formula is C18H20ClN3O2S. The van der Waals surface area contributed by atoms with Crippen LogP contribution in [-0.4, -0.2) is 23.2 Å². The summed E-state index contributed by atoms with van der Waals surface area (Å²) in [6.07, 6.45) is 1.67. The average molecular weight is 378 g/mol. The predicted molar refractivity (Wildman–Crippen MR) is 102 cm³/mol. The number of fused-ring (bicyclic) bond motifs is 1. The van der Waals surface area contributed by atoms with Crippen LogP contribution in [0.4, 0.5) is 5.13 Å². The molecule has 2 aromatic rings. The zero-order valence-corrected chi connectivity index (χ0v) is 16.0. The lowest BCUT2D eigenvalue weighted by Crippen LogP contribution is -2.26. The third-order valence-corrected chi connectivity index (χ3v) is 5.20. The van der Waals surface area contributed by atoms with Crippen LogP contribution in [0.25, 0.3) is 0 Å². The van der Waals surface area contributed by atoms with Crippen molar-refractivity contribution in [1.82, 2.24) is 4.98 Å². The van der Waals surface area contributed by atoms with Crippen LogP contribution in [-0.2, 0) is 11.3 Å². The number of carbonyl (C=O) groups excluding carboxylic acids is 1. The zero-order valence-electron chi connectivity index (χ0n) is 14.4. The number of aromatic nitrogens is 1. The molecule has 1 N–H and O–H groups in total. The van der Waals surface area contributed by atoms with Gasteiger partial charge in [-0.2, -0.15) is 0 Å². The number of hydrogen-bond acceptors (Lipinski definition) is 5. The van der Waals surface area contributed by atoms with E-state index in [0.717, 1.165) is 29.1 Å². The maximum absolute atomic E-state index is 12.4. The zero-order chi connectivity index (χ0) is 18.0. The first-order valence-corrected chi connectivity index (χ1v) is 9.33. The van der Waals surface area contributed by atoms with Crippen molar-refractivity contribution >= 4 is 39.7 Å². The van der Waals surface area contributed by atoms with Crippen molar-refractivity contribution in [3.8, 4) is 0 Å². The summed E-state index contributed by atoms with van der Waals surface area (Å²) in [6.45, 7) is 6.80. The summed E-state index contributed by atoms with van der Waals surface area (Å²) in [6, 6.07) is 6.77. The smallest absolute Gasteiger partial charge is 0.257 e. The molecule has 1 aromatic heterocycles. The summed E-state index contributed by atoms with van der Waals surface area (Å²) in [5, 5.41) is 8.30. The van der Waals surface area contributed by atoms with Gasteiger partial charge in [0.1, 0.15) is 6.61 Å². The Bertz CT molecular complexity index is 812. The monoisotopic (exact) mass is 377 g/mol. The van der Waals surface area contributed by atoms with E-state index in [4.69, 9.17) is 16.4 Å². The van der Waals surface area contributed by atoms with Gasteiger partial charge < -0.3 is 4.84 Å². The van der Waals surface area contributed by atoms with Crippen molar-refractivity contribution in [3.05, 3.63) is 45.4 Å². The Balaban J connectivity index is 1.84. The highest BCUT2D eigenvalue weighted by Gasteiger charge is 2.33. The molecule has 5 nitrogen and oxygen atoms in total. The number of nitrogens with zero attached hydrogens (tertiary/aromatic N) is 2. The van der Waals surface area contributed by atoms with Gasteiger partial charge in [-0.25, -0.2) is 4.98 Å². The Morgan fingerprint density at radius 2 is 2.08 bits per heavy atom. The lowest BCUT2D eigenvalue weighted by molar-refractivity contribution is 0.102. The van der Waals surface area contributed by atoms with Gasteiger partial charge in [0.05, 0.1) is 16.3 Å². The van der Waals surface area contributed by atoms with Gasteiger partial charge in [-0.15, -0.1) is 0 Å². The first kappa shape index (κ1) is 17.9. The molecule has 1 aliphatic rings. The van der Waals surface area contributed by atoms with Crippen molar-refractivity contribution < 1.29 is 9.63 Å². The Hall–Kier alpha value is -1.92. The molecule has 1 aliphatic carbocycles. The van der Waals surface area contributed by atoms with Crippen LogP contribution in [0, 0.1) is 5.41 Å². The maximum atomic E-state index is 12.4. The number of oxime groups is 1. The van der Waals surface area contributed by atoms with E-state index in [1.807, 2.05) is 6.92 Å². The standard InChI is InChI=1S/C18H20ClN3O2S/c1-4-24-22-14-10-18(2,3)9-13-15(14)25-17(20-13)21-16(23)11-5-7-12(19)8-6-11/h5-8H,4,9-10H2,1-3H3,(H,20,21,23)/b22-14-. The number of hydrogen-bond donors (Lipinski definition) is 1. The molecule has 0 radical (unpaired) electrons. The molecular weight excluding hydrogens is 358 g/mol. The Labute approximate surface area is 156 Å². The third-order valence-electron chi connectivity index (χ3n) is 3.88. The quantitative estimate of drug-likeness (QED) is 0.781. The number of anilines is 1. The number of rotatable bonds is 4. The van der Waals surface area contributed by atoms with Gasteiger partial charge >= 0.3 is 0 Å². The topological polar surface area (TPSA) is 63.6 Å². The highest BCUT2D eigenvalue weighted by molar-refractivity contribution is 7.18. The second-order valence-electron chi connectivity index (χ2n) is 6.73. The molecule has 0 aliphatic heterocycles. The second-order valence-corrected chi connectivity index (χ2v) is 8.16. The molecule has 0 atom stereocenters. The molecule has 0 unspecified atom stereocenters. The maximum Gasteiger partial charge on any atom is 0.257 e. The number of amides is 1. The Kier molecular flexibility index (Phi) is 5.11. The SMILES string of the molecule is CCO/N=C1/CC(C)(C)Cc2nc(NC(=O)c3ccc(Cl)cc3)sc21. The van der Waals surface area contributed by atoms with Crippen molar-refractivity contribution in [2.24, 2.45) is 10.6 Å². The average Bonchev–Trinajstić information content (AvgIpc) is 2.94. The molecule has 7 heteroatoms. The summed E-state index contributed by atoms with van der Waals surface area (Å²) in [5.41, 5.74) is 2.47. The van der Waals surface area contributed by atoms with Crippen molar-refractivity contribution in [2.75, 3.05) is 11.9 Å². The lowest BCUT2D eigenvalue weighted by Gasteiger charge is -2.28. The summed E-state index contributed by atoms with van der Waals surface area (Å²) in [4.78, 5) is 23.2. The van der Waals surface area contributed by atoms with Crippen LogP contribution in [0.2, 0.25) is 5.02 Å². The largest absolute Gasteiger partial charge is 0.396 e. The Morgan fingerprint density at radius 1 is 1.36 bits per heavy atom. The predicted octanol–water partition coefficient (Wildman–Crippen LogP) is 4.76. The lowest BCUT2D eigenvalue weighted by atomic mass is 9.78. The fourth-order valence-electron chi connectivity index (χ4n) is 2.79. The van der Waals surface area contributed by atoms with Gasteiger partial charge in [-0.1, -0.05) is 41.9 Å². The summed E-state index contributed by atoms with van der Waals surface area (Å²) in [5.74, 6) is -0.203. The number of benzene rings is 1. The van der Waals surface area contributed by atoms with E-state index in [1.165, 1.54) is 11.3 Å².